The number of hydrogen-bond acceptors (Lipinski definition) is 5. The first-order chi connectivity index (χ1) is 20.0. The zero-order valence-corrected chi connectivity index (χ0v) is 25.0. The molecule has 1 amide bonds. The molecule has 1 aromatic heterocycles. The van der Waals surface area contributed by atoms with Crippen LogP contribution in [0.25, 0.3) is 22.5 Å². The number of nitrogens with zero attached hydrogens (tertiary/aromatic N) is 1. The Labute approximate surface area is 248 Å². The van der Waals surface area contributed by atoms with E-state index in [-0.39, 0.29) is 18.4 Å². The third-order valence-corrected chi connectivity index (χ3v) is 7.46. The van der Waals surface area contributed by atoms with Gasteiger partial charge in [-0.2, -0.15) is 0 Å². The fraction of sp³-hybridized carbons (Fsp3) is 0.333. The van der Waals surface area contributed by atoms with Gasteiger partial charge in [-0.1, -0.05) is 84.9 Å². The normalized spacial score (nSPS) is 17.2. The summed E-state index contributed by atoms with van der Waals surface area (Å²) >= 11 is 0. The van der Waals surface area contributed by atoms with Crippen molar-refractivity contribution in [1.82, 2.24) is 4.90 Å². The van der Waals surface area contributed by atoms with Crippen LogP contribution in [0.1, 0.15) is 58.3 Å². The summed E-state index contributed by atoms with van der Waals surface area (Å²) in [5.74, 6) is -0.483. The Kier molecular flexibility index (Phi) is 8.37. The van der Waals surface area contributed by atoms with E-state index < -0.39 is 23.2 Å². The van der Waals surface area contributed by atoms with Gasteiger partial charge in [0.2, 0.25) is 5.91 Å². The van der Waals surface area contributed by atoms with Crippen LogP contribution in [-0.2, 0) is 25.5 Å². The molecule has 0 saturated carbocycles. The molecule has 4 aromatic rings. The standard InChI is InChI=1S/C36H39NO5/c1-35(2,3)42-33(38)23-30(34(39)37-29(24-40-36(37,4)5)22-25-12-8-6-9-13-25)32-21-20-31(41-32)28-18-16-27(17-19-28)26-14-10-7-11-15-26/h6-21,29-30H,22-24H2,1-5H3/t29-,30-/m0/s1. The molecule has 5 rings (SSSR count). The molecule has 1 aliphatic rings. The molecule has 1 saturated heterocycles. The zero-order chi connectivity index (χ0) is 29.9. The second kappa shape index (κ2) is 12.0. The average Bonchev–Trinajstić information content (AvgIpc) is 3.56. The number of rotatable bonds is 8. The van der Waals surface area contributed by atoms with E-state index in [0.717, 1.165) is 22.3 Å². The van der Waals surface area contributed by atoms with Crippen LogP contribution in [0, 0.1) is 0 Å². The summed E-state index contributed by atoms with van der Waals surface area (Å²) in [6.07, 6.45) is 0.507. The van der Waals surface area contributed by atoms with Crippen LogP contribution < -0.4 is 0 Å². The van der Waals surface area contributed by atoms with Gasteiger partial charge in [0.1, 0.15) is 28.8 Å². The van der Waals surface area contributed by atoms with Crippen molar-refractivity contribution < 1.29 is 23.5 Å². The van der Waals surface area contributed by atoms with Crippen molar-refractivity contribution in [3.63, 3.8) is 0 Å². The van der Waals surface area contributed by atoms with Gasteiger partial charge in [0, 0.05) is 5.56 Å². The SMILES string of the molecule is CC(C)(C)OC(=O)C[C@H](C(=O)N1[C@@H](Cc2ccccc2)COC1(C)C)c1ccc(-c2ccc(-c3ccccc3)cc2)o1. The molecule has 0 aliphatic carbocycles. The Morgan fingerprint density at radius 1 is 0.857 bits per heavy atom. The van der Waals surface area contributed by atoms with Gasteiger partial charge in [-0.3, -0.25) is 9.59 Å². The fourth-order valence-electron chi connectivity index (χ4n) is 5.55. The number of carbonyl (C=O) groups is 2. The molecule has 0 bridgehead atoms. The van der Waals surface area contributed by atoms with E-state index in [4.69, 9.17) is 13.9 Å². The monoisotopic (exact) mass is 565 g/mol. The molecule has 2 heterocycles. The van der Waals surface area contributed by atoms with Gasteiger partial charge in [-0.05, 0) is 69.9 Å². The Balaban J connectivity index is 1.44. The summed E-state index contributed by atoms with van der Waals surface area (Å²) in [7, 11) is 0. The van der Waals surface area contributed by atoms with E-state index in [9.17, 15) is 9.59 Å². The first kappa shape index (κ1) is 29.3. The van der Waals surface area contributed by atoms with Gasteiger partial charge in [0.25, 0.3) is 0 Å². The lowest BCUT2D eigenvalue weighted by Gasteiger charge is -2.36. The summed E-state index contributed by atoms with van der Waals surface area (Å²) in [5, 5.41) is 0. The van der Waals surface area contributed by atoms with Gasteiger partial charge in [-0.25, -0.2) is 0 Å². The van der Waals surface area contributed by atoms with Crippen LogP contribution in [0.15, 0.2) is 101 Å². The molecule has 42 heavy (non-hydrogen) atoms. The number of carbonyl (C=O) groups excluding carboxylic acids is 2. The minimum absolute atomic E-state index is 0.138. The molecule has 0 spiro atoms. The van der Waals surface area contributed by atoms with Crippen LogP contribution in [0.5, 0.6) is 0 Å². The lowest BCUT2D eigenvalue weighted by molar-refractivity contribution is -0.160. The number of furan rings is 1. The van der Waals surface area contributed by atoms with Crippen molar-refractivity contribution in [2.75, 3.05) is 6.61 Å². The van der Waals surface area contributed by atoms with Gasteiger partial charge in [0.05, 0.1) is 19.1 Å². The van der Waals surface area contributed by atoms with Crippen molar-refractivity contribution in [3.8, 4) is 22.5 Å². The third kappa shape index (κ3) is 6.82. The lowest BCUT2D eigenvalue weighted by atomic mass is 9.96. The van der Waals surface area contributed by atoms with Crippen molar-refractivity contribution in [2.45, 2.75) is 70.7 Å². The van der Waals surface area contributed by atoms with E-state index in [0.29, 0.717) is 24.5 Å². The van der Waals surface area contributed by atoms with Crippen molar-refractivity contribution in [1.29, 1.82) is 0 Å². The highest BCUT2D eigenvalue weighted by atomic mass is 16.6. The van der Waals surface area contributed by atoms with Crippen LogP contribution in [0.4, 0.5) is 0 Å². The molecule has 0 N–H and O–H groups in total. The first-order valence-electron chi connectivity index (χ1n) is 14.5. The topological polar surface area (TPSA) is 69.0 Å². The number of esters is 1. The van der Waals surface area contributed by atoms with E-state index >= 15 is 0 Å². The van der Waals surface area contributed by atoms with Crippen molar-refractivity contribution in [3.05, 3.63) is 108 Å². The summed E-state index contributed by atoms with van der Waals surface area (Å²) in [5.41, 5.74) is 2.72. The second-order valence-electron chi connectivity index (χ2n) is 12.3. The predicted octanol–water partition coefficient (Wildman–Crippen LogP) is 7.64. The molecule has 218 valence electrons. The van der Waals surface area contributed by atoms with Crippen LogP contribution in [0.2, 0.25) is 0 Å². The van der Waals surface area contributed by atoms with Gasteiger partial charge >= 0.3 is 5.97 Å². The maximum Gasteiger partial charge on any atom is 0.307 e. The van der Waals surface area contributed by atoms with Crippen molar-refractivity contribution in [2.24, 2.45) is 0 Å². The van der Waals surface area contributed by atoms with Crippen LogP contribution in [-0.4, -0.2) is 40.8 Å². The predicted molar refractivity (Wildman–Crippen MR) is 164 cm³/mol. The van der Waals surface area contributed by atoms with Crippen LogP contribution >= 0.6 is 0 Å². The second-order valence-corrected chi connectivity index (χ2v) is 12.3. The third-order valence-electron chi connectivity index (χ3n) is 7.46. The summed E-state index contributed by atoms with van der Waals surface area (Å²) in [6, 6.07) is 31.8. The number of ether oxygens (including phenoxy) is 2. The van der Waals surface area contributed by atoms with E-state index in [1.807, 2.05) is 101 Å². The Bertz CT molecular complexity index is 1500. The zero-order valence-electron chi connectivity index (χ0n) is 25.0. The fourth-order valence-corrected chi connectivity index (χ4v) is 5.55. The quantitative estimate of drug-likeness (QED) is 0.205. The first-order valence-corrected chi connectivity index (χ1v) is 14.5. The van der Waals surface area contributed by atoms with Gasteiger partial charge in [-0.15, -0.1) is 0 Å². The molecule has 0 radical (unpaired) electrons. The van der Waals surface area contributed by atoms with Crippen molar-refractivity contribution >= 4 is 11.9 Å². The maximum absolute atomic E-state index is 14.4. The maximum atomic E-state index is 14.4. The van der Waals surface area contributed by atoms with Crippen LogP contribution in [0.3, 0.4) is 0 Å². The van der Waals surface area contributed by atoms with E-state index in [1.54, 1.807) is 11.0 Å². The highest BCUT2D eigenvalue weighted by Crippen LogP contribution is 2.37. The van der Waals surface area contributed by atoms with E-state index in [1.165, 1.54) is 0 Å². The molecule has 6 nitrogen and oxygen atoms in total. The molecule has 6 heteroatoms. The molecule has 1 aliphatic heterocycles. The lowest BCUT2D eigenvalue weighted by Crippen LogP contribution is -2.50. The molecule has 0 unspecified atom stereocenters. The molecular formula is C36H39NO5. The largest absolute Gasteiger partial charge is 0.460 e. The average molecular weight is 566 g/mol. The number of benzene rings is 3. The Hall–Kier alpha value is -4.16. The molecular weight excluding hydrogens is 526 g/mol. The highest BCUT2D eigenvalue weighted by Gasteiger charge is 2.47. The van der Waals surface area contributed by atoms with Gasteiger partial charge < -0.3 is 18.8 Å². The molecule has 3 aromatic carbocycles. The Morgan fingerprint density at radius 2 is 1.45 bits per heavy atom. The summed E-state index contributed by atoms with van der Waals surface area (Å²) < 4.78 is 18.1. The van der Waals surface area contributed by atoms with Gasteiger partial charge in [0.15, 0.2) is 0 Å². The smallest absolute Gasteiger partial charge is 0.307 e. The molecule has 1 fully saturated rings. The summed E-state index contributed by atoms with van der Waals surface area (Å²) in [6.45, 7) is 9.64. The summed E-state index contributed by atoms with van der Waals surface area (Å²) in [4.78, 5) is 29.3. The Morgan fingerprint density at radius 3 is 2.10 bits per heavy atom. The number of amides is 1. The minimum atomic E-state index is -0.864. The molecule has 2 atom stereocenters. The van der Waals surface area contributed by atoms with E-state index in [2.05, 4.69) is 24.3 Å². The highest BCUT2D eigenvalue weighted by molar-refractivity contribution is 5.89. The minimum Gasteiger partial charge on any atom is -0.460 e. The number of hydrogen-bond donors (Lipinski definition) is 0.